The van der Waals surface area contributed by atoms with Crippen LogP contribution < -0.4 is 15.8 Å². The molecule has 1 unspecified atom stereocenters. The summed E-state index contributed by atoms with van der Waals surface area (Å²) in [7, 11) is 0. The van der Waals surface area contributed by atoms with E-state index in [9.17, 15) is 9.59 Å². The lowest BCUT2D eigenvalue weighted by Gasteiger charge is -2.22. The summed E-state index contributed by atoms with van der Waals surface area (Å²) in [6.45, 7) is 6.59. The van der Waals surface area contributed by atoms with Crippen molar-refractivity contribution >= 4 is 11.9 Å². The summed E-state index contributed by atoms with van der Waals surface area (Å²) in [5.74, 6) is 0.515. The van der Waals surface area contributed by atoms with Crippen molar-refractivity contribution < 1.29 is 14.3 Å². The number of amides is 3. The third kappa shape index (κ3) is 3.64. The molecule has 3 amide bonds. The van der Waals surface area contributed by atoms with Crippen LogP contribution in [0.4, 0.5) is 4.79 Å². The molecule has 2 rings (SSSR count). The molecule has 6 heteroatoms. The van der Waals surface area contributed by atoms with Crippen molar-refractivity contribution in [3.63, 3.8) is 0 Å². The van der Waals surface area contributed by atoms with Crippen molar-refractivity contribution in [2.75, 3.05) is 13.1 Å². The summed E-state index contributed by atoms with van der Waals surface area (Å²) in [5.41, 5.74) is 5.17. The Morgan fingerprint density at radius 1 is 1.22 bits per heavy atom. The average molecular weight is 319 g/mol. The Balaban J connectivity index is 2.14. The maximum atomic E-state index is 12.7. The molecule has 1 aromatic carbocycles. The van der Waals surface area contributed by atoms with Gasteiger partial charge in [0.1, 0.15) is 11.3 Å². The van der Waals surface area contributed by atoms with Crippen LogP contribution in [0.5, 0.6) is 5.75 Å². The van der Waals surface area contributed by atoms with E-state index in [1.54, 1.807) is 6.92 Å². The minimum Gasteiger partial charge on any atom is -0.491 e. The number of nitrogens with one attached hydrogen (secondary N) is 1. The van der Waals surface area contributed by atoms with Crippen molar-refractivity contribution in [1.29, 1.82) is 0 Å². The Labute approximate surface area is 137 Å². The number of imide groups is 1. The fraction of sp³-hybridized carbons (Fsp3) is 0.529. The Hall–Kier alpha value is -2.08. The molecular formula is C17H25N3O3. The average Bonchev–Trinajstić information content (AvgIpc) is 2.71. The smallest absolute Gasteiger partial charge is 0.325 e. The first-order valence-corrected chi connectivity index (χ1v) is 8.00. The highest BCUT2D eigenvalue weighted by Crippen LogP contribution is 2.30. The Morgan fingerprint density at radius 3 is 2.43 bits per heavy atom. The van der Waals surface area contributed by atoms with E-state index in [2.05, 4.69) is 5.32 Å². The van der Waals surface area contributed by atoms with E-state index < -0.39 is 5.54 Å². The second kappa shape index (κ2) is 7.00. The van der Waals surface area contributed by atoms with Gasteiger partial charge in [0.05, 0.1) is 6.10 Å². The number of rotatable bonds is 7. The van der Waals surface area contributed by atoms with E-state index in [0.29, 0.717) is 19.5 Å². The highest BCUT2D eigenvalue weighted by molar-refractivity contribution is 6.07. The van der Waals surface area contributed by atoms with E-state index in [4.69, 9.17) is 10.5 Å². The second-order valence-corrected chi connectivity index (χ2v) is 6.20. The summed E-state index contributed by atoms with van der Waals surface area (Å²) in [6, 6.07) is 6.92. The van der Waals surface area contributed by atoms with Gasteiger partial charge in [-0.25, -0.2) is 4.79 Å². The minimum atomic E-state index is -1.03. The van der Waals surface area contributed by atoms with Gasteiger partial charge in [0.25, 0.3) is 5.91 Å². The number of hydrogen-bond acceptors (Lipinski definition) is 4. The van der Waals surface area contributed by atoms with Crippen molar-refractivity contribution in [3.8, 4) is 5.75 Å². The zero-order valence-electron chi connectivity index (χ0n) is 14.0. The largest absolute Gasteiger partial charge is 0.491 e. The summed E-state index contributed by atoms with van der Waals surface area (Å²) >= 11 is 0. The van der Waals surface area contributed by atoms with Crippen LogP contribution in [0.15, 0.2) is 24.3 Å². The van der Waals surface area contributed by atoms with Crippen LogP contribution in [-0.4, -0.2) is 36.0 Å². The van der Waals surface area contributed by atoms with Crippen LogP contribution in [0, 0.1) is 0 Å². The van der Waals surface area contributed by atoms with Gasteiger partial charge < -0.3 is 15.8 Å². The van der Waals surface area contributed by atoms with Crippen LogP contribution >= 0.6 is 0 Å². The number of urea groups is 1. The molecule has 0 radical (unpaired) electrons. The standard InChI is InChI=1S/C17H25N3O3/c1-12(2)23-14-8-6-13(7-9-14)17(3)15(21)20(16(22)19-17)11-5-4-10-18/h6-9,12H,4-5,10-11,18H2,1-3H3,(H,19,22). The predicted octanol–water partition coefficient (Wildman–Crippen LogP) is 1.98. The first-order valence-electron chi connectivity index (χ1n) is 8.00. The van der Waals surface area contributed by atoms with Gasteiger partial charge in [-0.3, -0.25) is 9.69 Å². The fourth-order valence-electron chi connectivity index (χ4n) is 2.65. The van der Waals surface area contributed by atoms with Crippen LogP contribution in [0.2, 0.25) is 0 Å². The molecule has 0 spiro atoms. The molecule has 1 aliphatic rings. The number of benzene rings is 1. The molecule has 0 aliphatic carbocycles. The van der Waals surface area contributed by atoms with Crippen LogP contribution in [-0.2, 0) is 10.3 Å². The molecule has 1 fully saturated rings. The van der Waals surface area contributed by atoms with Gasteiger partial charge in [0.15, 0.2) is 0 Å². The minimum absolute atomic E-state index is 0.0855. The molecule has 0 bridgehead atoms. The number of hydrogen-bond donors (Lipinski definition) is 2. The normalized spacial score (nSPS) is 21.0. The quantitative estimate of drug-likeness (QED) is 0.594. The van der Waals surface area contributed by atoms with Crippen molar-refractivity contribution in [2.24, 2.45) is 5.73 Å². The molecule has 3 N–H and O–H groups in total. The molecule has 1 aromatic rings. The predicted molar refractivity (Wildman–Crippen MR) is 88.1 cm³/mol. The second-order valence-electron chi connectivity index (χ2n) is 6.20. The first kappa shape index (κ1) is 17.3. The van der Waals surface area contributed by atoms with Crippen molar-refractivity contribution in [3.05, 3.63) is 29.8 Å². The molecule has 126 valence electrons. The number of carbonyl (C=O) groups excluding carboxylic acids is 2. The van der Waals surface area contributed by atoms with E-state index in [-0.39, 0.29) is 18.0 Å². The maximum absolute atomic E-state index is 12.7. The summed E-state index contributed by atoms with van der Waals surface area (Å²) in [6.07, 6.45) is 1.59. The number of carbonyl (C=O) groups is 2. The lowest BCUT2D eigenvalue weighted by molar-refractivity contribution is -0.131. The third-order valence-corrected chi connectivity index (χ3v) is 3.91. The fourth-order valence-corrected chi connectivity index (χ4v) is 2.65. The maximum Gasteiger partial charge on any atom is 0.325 e. The molecule has 1 heterocycles. The SMILES string of the molecule is CC(C)Oc1ccc(C2(C)NC(=O)N(CCCCN)C2=O)cc1. The number of nitrogens with zero attached hydrogens (tertiary/aromatic N) is 1. The molecule has 0 aromatic heterocycles. The van der Waals surface area contributed by atoms with E-state index in [1.165, 1.54) is 4.90 Å². The van der Waals surface area contributed by atoms with Gasteiger partial charge in [0.2, 0.25) is 0 Å². The topological polar surface area (TPSA) is 84.7 Å². The summed E-state index contributed by atoms with van der Waals surface area (Å²) in [4.78, 5) is 26.1. The molecule has 6 nitrogen and oxygen atoms in total. The van der Waals surface area contributed by atoms with Crippen LogP contribution in [0.3, 0.4) is 0 Å². The highest BCUT2D eigenvalue weighted by atomic mass is 16.5. The monoisotopic (exact) mass is 319 g/mol. The van der Waals surface area contributed by atoms with Gasteiger partial charge in [-0.15, -0.1) is 0 Å². The molecular weight excluding hydrogens is 294 g/mol. The van der Waals surface area contributed by atoms with Crippen LogP contribution in [0.25, 0.3) is 0 Å². The Bertz CT molecular complexity index is 571. The van der Waals surface area contributed by atoms with Crippen LogP contribution in [0.1, 0.15) is 39.2 Å². The van der Waals surface area contributed by atoms with Crippen molar-refractivity contribution in [1.82, 2.24) is 10.2 Å². The Kier molecular flexibility index (Phi) is 5.26. The van der Waals surface area contributed by atoms with Crippen molar-refractivity contribution in [2.45, 2.75) is 45.3 Å². The lowest BCUT2D eigenvalue weighted by Crippen LogP contribution is -2.41. The van der Waals surface area contributed by atoms with Gasteiger partial charge in [-0.05, 0) is 57.9 Å². The van der Waals surface area contributed by atoms with E-state index in [0.717, 1.165) is 17.7 Å². The molecule has 0 saturated carbocycles. The molecule has 23 heavy (non-hydrogen) atoms. The summed E-state index contributed by atoms with van der Waals surface area (Å²) < 4.78 is 5.60. The molecule has 1 atom stereocenters. The van der Waals surface area contributed by atoms with E-state index >= 15 is 0 Å². The zero-order chi connectivity index (χ0) is 17.0. The van der Waals surface area contributed by atoms with Gasteiger partial charge in [-0.2, -0.15) is 0 Å². The molecule has 1 aliphatic heterocycles. The number of nitrogens with two attached hydrogens (primary N) is 1. The molecule has 1 saturated heterocycles. The zero-order valence-corrected chi connectivity index (χ0v) is 14.0. The lowest BCUT2D eigenvalue weighted by atomic mass is 9.92. The van der Waals surface area contributed by atoms with E-state index in [1.807, 2.05) is 38.1 Å². The number of ether oxygens (including phenoxy) is 1. The van der Waals surface area contributed by atoms with Gasteiger partial charge in [0, 0.05) is 6.54 Å². The third-order valence-electron chi connectivity index (χ3n) is 3.91. The van der Waals surface area contributed by atoms with Gasteiger partial charge in [-0.1, -0.05) is 12.1 Å². The highest BCUT2D eigenvalue weighted by Gasteiger charge is 2.48. The first-order chi connectivity index (χ1) is 10.9. The Morgan fingerprint density at radius 2 is 1.87 bits per heavy atom. The van der Waals surface area contributed by atoms with Gasteiger partial charge >= 0.3 is 6.03 Å². The summed E-state index contributed by atoms with van der Waals surface area (Å²) in [5, 5.41) is 2.80. The number of unbranched alkanes of at least 4 members (excludes halogenated alkanes) is 1.